The van der Waals surface area contributed by atoms with Gasteiger partial charge in [0.1, 0.15) is 6.34 Å². The molecule has 0 bridgehead atoms. The number of hydrogen-bond acceptors (Lipinski definition) is 1. The van der Waals surface area contributed by atoms with Crippen LogP contribution in [0.5, 0.6) is 0 Å². The number of allylic oxidation sites excluding steroid dienone is 5. The van der Waals surface area contributed by atoms with Crippen LogP contribution in [0.4, 0.5) is 0 Å². The van der Waals surface area contributed by atoms with Crippen molar-refractivity contribution >= 4 is 13.1 Å². The van der Waals surface area contributed by atoms with Crippen LogP contribution in [0.3, 0.4) is 0 Å². The molecule has 0 aromatic heterocycles. The van der Waals surface area contributed by atoms with Gasteiger partial charge in [-0.3, -0.25) is 4.99 Å². The monoisotopic (exact) mass is 314 g/mol. The van der Waals surface area contributed by atoms with Crippen molar-refractivity contribution in [2.75, 3.05) is 0 Å². The fourth-order valence-corrected chi connectivity index (χ4v) is 3.29. The van der Waals surface area contributed by atoms with Crippen molar-refractivity contribution in [3.63, 3.8) is 0 Å². The number of aliphatic imine (C=N–C) groups is 2. The lowest BCUT2D eigenvalue weighted by atomic mass is 9.72. The summed E-state index contributed by atoms with van der Waals surface area (Å²) in [6.45, 7) is 12.5. The molecule has 0 radical (unpaired) electrons. The highest BCUT2D eigenvalue weighted by Crippen LogP contribution is 2.40. The van der Waals surface area contributed by atoms with Gasteiger partial charge in [0, 0.05) is 5.41 Å². The van der Waals surface area contributed by atoms with E-state index >= 15 is 0 Å². The van der Waals surface area contributed by atoms with Crippen molar-refractivity contribution in [3.8, 4) is 0 Å². The van der Waals surface area contributed by atoms with E-state index in [1.54, 1.807) is 0 Å². The molecule has 0 aromatic rings. The van der Waals surface area contributed by atoms with Crippen LogP contribution >= 0.6 is 0 Å². The molecule has 1 aliphatic rings. The Labute approximate surface area is 143 Å². The molecule has 0 saturated carbocycles. The van der Waals surface area contributed by atoms with Gasteiger partial charge in [0.15, 0.2) is 0 Å². The van der Waals surface area contributed by atoms with Crippen molar-refractivity contribution in [1.29, 1.82) is 0 Å². The molecule has 0 spiro atoms. The molecule has 23 heavy (non-hydrogen) atoms. The maximum absolute atomic E-state index is 4.39. The van der Waals surface area contributed by atoms with E-state index in [2.05, 4.69) is 68.7 Å². The maximum atomic E-state index is 4.39. The third-order valence-corrected chi connectivity index (χ3v) is 4.90. The summed E-state index contributed by atoms with van der Waals surface area (Å²) in [4.78, 5) is 8.11. The standard InChI is InChI=1S/C21H34N2/c1-6-8-9-10-12-19(11-7-2)21(4)15-13-18(3)20(14-16-21)23-17-22-5/h13-17,19H,5-12H2,1-4H3/t19-,21?/m0/s1. The summed E-state index contributed by atoms with van der Waals surface area (Å²) in [5, 5.41) is 0. The third-order valence-electron chi connectivity index (χ3n) is 4.90. The highest BCUT2D eigenvalue weighted by Gasteiger charge is 2.29. The molecule has 1 rings (SSSR count). The molecule has 2 atom stereocenters. The van der Waals surface area contributed by atoms with Crippen LogP contribution in [-0.4, -0.2) is 13.1 Å². The summed E-state index contributed by atoms with van der Waals surface area (Å²) in [6, 6.07) is 0. The van der Waals surface area contributed by atoms with Crippen LogP contribution in [0.1, 0.15) is 72.6 Å². The predicted octanol–water partition coefficient (Wildman–Crippen LogP) is 6.51. The zero-order chi connectivity index (χ0) is 17.1. The van der Waals surface area contributed by atoms with Crippen molar-refractivity contribution in [1.82, 2.24) is 0 Å². The van der Waals surface area contributed by atoms with Gasteiger partial charge in [-0.15, -0.1) is 0 Å². The topological polar surface area (TPSA) is 24.7 Å². The molecule has 2 heteroatoms. The minimum absolute atomic E-state index is 0.113. The van der Waals surface area contributed by atoms with Crippen LogP contribution in [0.15, 0.2) is 45.6 Å². The Hall–Kier alpha value is -1.44. The van der Waals surface area contributed by atoms with Gasteiger partial charge in [-0.1, -0.05) is 71.1 Å². The molecular formula is C21H34N2. The van der Waals surface area contributed by atoms with Crippen LogP contribution < -0.4 is 0 Å². The highest BCUT2D eigenvalue weighted by atomic mass is 14.8. The first-order valence-corrected chi connectivity index (χ1v) is 9.15. The summed E-state index contributed by atoms with van der Waals surface area (Å²) >= 11 is 0. The second kappa shape index (κ2) is 10.4. The summed E-state index contributed by atoms with van der Waals surface area (Å²) < 4.78 is 0. The van der Waals surface area contributed by atoms with Crippen LogP contribution in [0.2, 0.25) is 0 Å². The lowest BCUT2D eigenvalue weighted by Crippen LogP contribution is -2.23. The highest BCUT2D eigenvalue weighted by molar-refractivity contribution is 5.64. The van der Waals surface area contributed by atoms with Gasteiger partial charge in [0.05, 0.1) is 5.70 Å². The van der Waals surface area contributed by atoms with Crippen LogP contribution in [0.25, 0.3) is 0 Å². The Morgan fingerprint density at radius 2 is 1.83 bits per heavy atom. The molecule has 0 aromatic carbocycles. The minimum atomic E-state index is 0.113. The van der Waals surface area contributed by atoms with E-state index in [1.165, 1.54) is 56.9 Å². The van der Waals surface area contributed by atoms with E-state index in [-0.39, 0.29) is 5.41 Å². The summed E-state index contributed by atoms with van der Waals surface area (Å²) in [5.41, 5.74) is 2.28. The molecule has 1 aliphatic carbocycles. The number of rotatable bonds is 10. The molecule has 2 nitrogen and oxygen atoms in total. The largest absolute Gasteiger partial charge is 0.253 e. The average molecular weight is 315 g/mol. The lowest BCUT2D eigenvalue weighted by Gasteiger charge is -2.33. The molecule has 0 heterocycles. The number of nitrogens with zero attached hydrogens (tertiary/aromatic N) is 2. The Morgan fingerprint density at radius 3 is 2.48 bits per heavy atom. The second-order valence-electron chi connectivity index (χ2n) is 6.86. The molecule has 1 unspecified atom stereocenters. The summed E-state index contributed by atoms with van der Waals surface area (Å²) in [7, 11) is 0. The van der Waals surface area contributed by atoms with Gasteiger partial charge in [-0.2, -0.15) is 0 Å². The molecule has 0 saturated heterocycles. The smallest absolute Gasteiger partial charge is 0.115 e. The van der Waals surface area contributed by atoms with E-state index in [0.29, 0.717) is 5.92 Å². The third kappa shape index (κ3) is 6.29. The van der Waals surface area contributed by atoms with Gasteiger partial charge < -0.3 is 0 Å². The molecule has 0 aliphatic heterocycles. The first kappa shape index (κ1) is 19.6. The molecule has 128 valence electrons. The van der Waals surface area contributed by atoms with Crippen LogP contribution in [0, 0.1) is 11.3 Å². The SMILES string of the molecule is C=NC=NC1=C(C)C=CC(C)([C@@H](CCC)CCCCCC)C=C1. The normalized spacial score (nSPS) is 22.6. The quantitative estimate of drug-likeness (QED) is 0.249. The van der Waals surface area contributed by atoms with Gasteiger partial charge >= 0.3 is 0 Å². The second-order valence-corrected chi connectivity index (χ2v) is 6.86. The van der Waals surface area contributed by atoms with Gasteiger partial charge in [-0.05, 0) is 44.0 Å². The fraction of sp³-hybridized carbons (Fsp3) is 0.619. The zero-order valence-corrected chi connectivity index (χ0v) is 15.5. The number of unbranched alkanes of at least 4 members (excludes halogenated alkanes) is 3. The Balaban J connectivity index is 2.88. The van der Waals surface area contributed by atoms with Gasteiger partial charge in [0.25, 0.3) is 0 Å². The Morgan fingerprint density at radius 1 is 1.09 bits per heavy atom. The first-order valence-electron chi connectivity index (χ1n) is 9.15. The van der Waals surface area contributed by atoms with E-state index in [9.17, 15) is 0 Å². The summed E-state index contributed by atoms with van der Waals surface area (Å²) in [5.74, 6) is 0.700. The van der Waals surface area contributed by atoms with E-state index in [4.69, 9.17) is 0 Å². The van der Waals surface area contributed by atoms with E-state index in [0.717, 1.165) is 5.70 Å². The maximum Gasteiger partial charge on any atom is 0.115 e. The van der Waals surface area contributed by atoms with Crippen molar-refractivity contribution in [2.24, 2.45) is 21.3 Å². The zero-order valence-electron chi connectivity index (χ0n) is 15.5. The lowest BCUT2D eigenvalue weighted by molar-refractivity contribution is 0.273. The van der Waals surface area contributed by atoms with Crippen molar-refractivity contribution < 1.29 is 0 Å². The van der Waals surface area contributed by atoms with Crippen molar-refractivity contribution in [3.05, 3.63) is 35.6 Å². The van der Waals surface area contributed by atoms with Crippen LogP contribution in [-0.2, 0) is 0 Å². The van der Waals surface area contributed by atoms with Gasteiger partial charge in [0.2, 0.25) is 0 Å². The summed E-state index contributed by atoms with van der Waals surface area (Å²) in [6.07, 6.45) is 19.8. The molecule has 0 fully saturated rings. The Bertz CT molecular complexity index is 482. The van der Waals surface area contributed by atoms with E-state index in [1.807, 2.05) is 0 Å². The predicted molar refractivity (Wildman–Crippen MR) is 104 cm³/mol. The molecule has 0 amide bonds. The molecule has 0 N–H and O–H groups in total. The minimum Gasteiger partial charge on any atom is -0.253 e. The molecular weight excluding hydrogens is 280 g/mol. The fourth-order valence-electron chi connectivity index (χ4n) is 3.29. The average Bonchev–Trinajstić information content (AvgIpc) is 2.69. The number of hydrogen-bond donors (Lipinski definition) is 0. The van der Waals surface area contributed by atoms with E-state index < -0.39 is 0 Å². The van der Waals surface area contributed by atoms with Gasteiger partial charge in [-0.25, -0.2) is 4.99 Å². The van der Waals surface area contributed by atoms with Crippen molar-refractivity contribution in [2.45, 2.75) is 72.6 Å². The first-order chi connectivity index (χ1) is 11.1. The Kier molecular flexibility index (Phi) is 8.83.